The van der Waals surface area contributed by atoms with Crippen molar-refractivity contribution in [1.82, 2.24) is 4.90 Å². The van der Waals surface area contributed by atoms with Crippen LogP contribution >= 0.6 is 11.6 Å². The van der Waals surface area contributed by atoms with Gasteiger partial charge in [0.1, 0.15) is 0 Å². The van der Waals surface area contributed by atoms with Crippen LogP contribution in [0.1, 0.15) is 32.4 Å². The van der Waals surface area contributed by atoms with E-state index in [1.807, 2.05) is 18.2 Å². The Morgan fingerprint density at radius 3 is 2.21 bits per heavy atom. The minimum Gasteiger partial charge on any atom is -0.389 e. The lowest BCUT2D eigenvalue weighted by Crippen LogP contribution is -2.49. The number of aliphatic hydroxyl groups is 1. The first-order valence-corrected chi connectivity index (χ1v) is 7.33. The molecule has 1 N–H and O–H groups in total. The minimum atomic E-state index is -0.468. The Bertz CT molecular complexity index is 426. The van der Waals surface area contributed by atoms with E-state index >= 15 is 0 Å². The molecule has 0 unspecified atom stereocenters. The number of hydrogen-bond donors (Lipinski definition) is 1. The van der Waals surface area contributed by atoms with Crippen molar-refractivity contribution in [3.8, 4) is 0 Å². The van der Waals surface area contributed by atoms with Crippen molar-refractivity contribution in [1.29, 1.82) is 0 Å². The summed E-state index contributed by atoms with van der Waals surface area (Å²) in [7, 11) is 0. The summed E-state index contributed by atoms with van der Waals surface area (Å²) in [4.78, 5) is 4.81. The minimum absolute atomic E-state index is 0.468. The van der Waals surface area contributed by atoms with Gasteiger partial charge in [-0.25, -0.2) is 0 Å². The van der Waals surface area contributed by atoms with E-state index in [9.17, 15) is 5.11 Å². The van der Waals surface area contributed by atoms with Gasteiger partial charge in [0.15, 0.2) is 0 Å². The lowest BCUT2D eigenvalue weighted by atomic mass is 10.1. The summed E-state index contributed by atoms with van der Waals surface area (Å²) < 4.78 is 0. The van der Waals surface area contributed by atoms with Gasteiger partial charge in [-0.3, -0.25) is 4.90 Å². The van der Waals surface area contributed by atoms with E-state index in [-0.39, 0.29) is 0 Å². The van der Waals surface area contributed by atoms with Crippen LogP contribution in [0.4, 0.5) is 5.69 Å². The summed E-state index contributed by atoms with van der Waals surface area (Å²) in [6.45, 7) is 10.4. The Hall–Kier alpha value is -0.770. The van der Waals surface area contributed by atoms with Crippen LogP contribution in [0.3, 0.4) is 0 Å². The maximum absolute atomic E-state index is 9.57. The van der Waals surface area contributed by atoms with Crippen molar-refractivity contribution in [2.75, 3.05) is 31.1 Å². The summed E-state index contributed by atoms with van der Waals surface area (Å²) in [5, 5.41) is 10.3. The molecule has 19 heavy (non-hydrogen) atoms. The Kier molecular flexibility index (Phi) is 4.71. The predicted molar refractivity (Wildman–Crippen MR) is 81.0 cm³/mol. The molecule has 4 heteroatoms. The largest absolute Gasteiger partial charge is 0.389 e. The van der Waals surface area contributed by atoms with Crippen LogP contribution < -0.4 is 4.90 Å². The zero-order chi connectivity index (χ0) is 14.0. The quantitative estimate of drug-likeness (QED) is 0.923. The van der Waals surface area contributed by atoms with Gasteiger partial charge in [0.05, 0.1) is 16.8 Å². The van der Waals surface area contributed by atoms with Crippen LogP contribution in [0.5, 0.6) is 0 Å². The zero-order valence-electron chi connectivity index (χ0n) is 11.9. The van der Waals surface area contributed by atoms with Gasteiger partial charge in [0, 0.05) is 32.2 Å². The van der Waals surface area contributed by atoms with E-state index in [0.717, 1.165) is 42.5 Å². The Balaban J connectivity index is 2.07. The SMILES string of the molecule is CC(C)N1CCN(c2ccc([C@H](C)O)cc2Cl)CC1. The lowest BCUT2D eigenvalue weighted by molar-refractivity contribution is 0.199. The number of aliphatic hydroxyl groups excluding tert-OH is 1. The van der Waals surface area contributed by atoms with Crippen LogP contribution in [0.2, 0.25) is 5.02 Å². The molecule has 0 saturated carbocycles. The Morgan fingerprint density at radius 1 is 1.11 bits per heavy atom. The molecule has 3 nitrogen and oxygen atoms in total. The molecule has 0 aliphatic carbocycles. The number of rotatable bonds is 3. The van der Waals surface area contributed by atoms with Crippen molar-refractivity contribution >= 4 is 17.3 Å². The fourth-order valence-electron chi connectivity index (χ4n) is 2.52. The molecule has 0 bridgehead atoms. The third-order valence-electron chi connectivity index (χ3n) is 3.84. The summed E-state index contributed by atoms with van der Waals surface area (Å²) in [5.74, 6) is 0. The van der Waals surface area contributed by atoms with E-state index in [1.165, 1.54) is 0 Å². The summed E-state index contributed by atoms with van der Waals surface area (Å²) in [5.41, 5.74) is 1.95. The molecule has 1 fully saturated rings. The normalized spacial score (nSPS) is 18.9. The molecule has 0 aromatic heterocycles. The van der Waals surface area contributed by atoms with Crippen molar-refractivity contribution in [3.63, 3.8) is 0 Å². The number of halogens is 1. The average Bonchev–Trinajstić information content (AvgIpc) is 2.38. The zero-order valence-corrected chi connectivity index (χ0v) is 12.7. The molecule has 0 spiro atoms. The second-order valence-electron chi connectivity index (χ2n) is 5.50. The van der Waals surface area contributed by atoms with Crippen LogP contribution in [0.25, 0.3) is 0 Å². The standard InChI is InChI=1S/C15H23ClN2O/c1-11(2)17-6-8-18(9-7-17)15-5-4-13(12(3)19)10-14(15)16/h4-5,10-12,19H,6-9H2,1-3H3/t12-/m0/s1. The van der Waals surface area contributed by atoms with Crippen molar-refractivity contribution < 1.29 is 5.11 Å². The molecule has 106 valence electrons. The molecule has 1 heterocycles. The van der Waals surface area contributed by atoms with Gasteiger partial charge in [-0.2, -0.15) is 0 Å². The molecule has 1 aromatic rings. The van der Waals surface area contributed by atoms with E-state index < -0.39 is 6.10 Å². The summed E-state index contributed by atoms with van der Waals surface area (Å²) in [6, 6.07) is 6.46. The first-order valence-electron chi connectivity index (χ1n) is 6.95. The van der Waals surface area contributed by atoms with Gasteiger partial charge in [-0.15, -0.1) is 0 Å². The summed E-state index contributed by atoms with van der Waals surface area (Å²) in [6.07, 6.45) is -0.468. The molecule has 2 rings (SSSR count). The van der Waals surface area contributed by atoms with E-state index in [4.69, 9.17) is 11.6 Å². The molecular formula is C15H23ClN2O. The smallest absolute Gasteiger partial charge is 0.0762 e. The molecule has 1 saturated heterocycles. The topological polar surface area (TPSA) is 26.7 Å². The molecule has 1 aliphatic rings. The van der Waals surface area contributed by atoms with Crippen LogP contribution in [-0.2, 0) is 0 Å². The summed E-state index contributed by atoms with van der Waals surface area (Å²) >= 11 is 6.34. The van der Waals surface area contributed by atoms with Gasteiger partial charge < -0.3 is 10.0 Å². The first kappa shape index (κ1) is 14.6. The highest BCUT2D eigenvalue weighted by Gasteiger charge is 2.20. The number of benzene rings is 1. The van der Waals surface area contributed by atoms with Crippen LogP contribution in [-0.4, -0.2) is 42.2 Å². The van der Waals surface area contributed by atoms with Gasteiger partial charge in [-0.05, 0) is 38.5 Å². The van der Waals surface area contributed by atoms with E-state index in [0.29, 0.717) is 6.04 Å². The molecule has 1 atom stereocenters. The van der Waals surface area contributed by atoms with Gasteiger partial charge >= 0.3 is 0 Å². The third kappa shape index (κ3) is 3.41. The molecule has 0 radical (unpaired) electrons. The number of hydrogen-bond acceptors (Lipinski definition) is 3. The van der Waals surface area contributed by atoms with Crippen molar-refractivity contribution in [2.24, 2.45) is 0 Å². The Morgan fingerprint density at radius 2 is 1.74 bits per heavy atom. The second-order valence-corrected chi connectivity index (χ2v) is 5.91. The lowest BCUT2D eigenvalue weighted by Gasteiger charge is -2.38. The fourth-order valence-corrected chi connectivity index (χ4v) is 2.83. The van der Waals surface area contributed by atoms with Crippen molar-refractivity contribution in [2.45, 2.75) is 32.9 Å². The highest BCUT2D eigenvalue weighted by molar-refractivity contribution is 6.33. The highest BCUT2D eigenvalue weighted by Crippen LogP contribution is 2.29. The monoisotopic (exact) mass is 282 g/mol. The molecule has 1 aromatic carbocycles. The number of anilines is 1. The maximum atomic E-state index is 9.57. The van der Waals surface area contributed by atoms with Crippen LogP contribution in [0.15, 0.2) is 18.2 Å². The van der Waals surface area contributed by atoms with Gasteiger partial charge in [0.25, 0.3) is 0 Å². The fraction of sp³-hybridized carbons (Fsp3) is 0.600. The Labute approximate surface area is 120 Å². The van der Waals surface area contributed by atoms with Gasteiger partial charge in [-0.1, -0.05) is 17.7 Å². The van der Waals surface area contributed by atoms with Crippen LogP contribution in [0, 0.1) is 0 Å². The molecule has 1 aliphatic heterocycles. The average molecular weight is 283 g/mol. The van der Waals surface area contributed by atoms with E-state index in [2.05, 4.69) is 23.6 Å². The van der Waals surface area contributed by atoms with Gasteiger partial charge in [0.2, 0.25) is 0 Å². The first-order chi connectivity index (χ1) is 8.99. The third-order valence-corrected chi connectivity index (χ3v) is 4.14. The molecule has 0 amide bonds. The van der Waals surface area contributed by atoms with Crippen molar-refractivity contribution in [3.05, 3.63) is 28.8 Å². The second kappa shape index (κ2) is 6.12. The highest BCUT2D eigenvalue weighted by atomic mass is 35.5. The predicted octanol–water partition coefficient (Wildman–Crippen LogP) is 2.92. The van der Waals surface area contributed by atoms with E-state index in [1.54, 1.807) is 6.92 Å². The molecular weight excluding hydrogens is 260 g/mol. The number of piperazine rings is 1. The number of nitrogens with zero attached hydrogens (tertiary/aromatic N) is 2. The maximum Gasteiger partial charge on any atom is 0.0762 e.